The van der Waals surface area contributed by atoms with E-state index in [1.807, 2.05) is 0 Å². The second-order valence-electron chi connectivity index (χ2n) is 4.74. The molecule has 2 heterocycles. The summed E-state index contributed by atoms with van der Waals surface area (Å²) in [7, 11) is 0. The molecule has 0 amide bonds. The summed E-state index contributed by atoms with van der Waals surface area (Å²) in [4.78, 5) is 0. The van der Waals surface area contributed by atoms with Crippen LogP contribution in [0.15, 0.2) is 0 Å². The Bertz CT molecular complexity index is 198. The maximum atomic E-state index is 5.71. The molecule has 3 nitrogen and oxygen atoms in total. The molecule has 0 saturated carbocycles. The Morgan fingerprint density at radius 3 is 2.36 bits per heavy atom. The summed E-state index contributed by atoms with van der Waals surface area (Å²) in [6.45, 7) is 7.30. The molecule has 82 valence electrons. The summed E-state index contributed by atoms with van der Waals surface area (Å²) >= 11 is 0. The van der Waals surface area contributed by atoms with Gasteiger partial charge < -0.3 is 14.8 Å². The molecule has 0 aromatic rings. The Hall–Kier alpha value is -0.120. The van der Waals surface area contributed by atoms with Crippen LogP contribution in [0, 0.1) is 0 Å². The molecule has 0 spiro atoms. The number of hydrogen-bond acceptors (Lipinski definition) is 3. The summed E-state index contributed by atoms with van der Waals surface area (Å²) in [5.41, 5.74) is 0. The first kappa shape index (κ1) is 10.4. The van der Waals surface area contributed by atoms with Gasteiger partial charge in [0.05, 0.1) is 24.9 Å². The smallest absolute Gasteiger partial charge is 0.0704 e. The van der Waals surface area contributed by atoms with E-state index in [4.69, 9.17) is 9.47 Å². The zero-order chi connectivity index (χ0) is 10.1. The van der Waals surface area contributed by atoms with Crippen LogP contribution in [0.1, 0.15) is 33.6 Å². The topological polar surface area (TPSA) is 30.5 Å². The van der Waals surface area contributed by atoms with Crippen molar-refractivity contribution in [2.45, 2.75) is 64.0 Å². The third-order valence-corrected chi connectivity index (χ3v) is 3.25. The van der Waals surface area contributed by atoms with E-state index in [0.717, 1.165) is 19.4 Å². The van der Waals surface area contributed by atoms with E-state index >= 15 is 0 Å². The van der Waals surface area contributed by atoms with Crippen molar-refractivity contribution in [1.29, 1.82) is 0 Å². The molecule has 2 saturated heterocycles. The van der Waals surface area contributed by atoms with Crippen LogP contribution in [0.3, 0.4) is 0 Å². The molecule has 2 aliphatic rings. The molecule has 2 aliphatic heterocycles. The molecule has 0 radical (unpaired) electrons. The van der Waals surface area contributed by atoms with Crippen LogP contribution >= 0.6 is 0 Å². The van der Waals surface area contributed by atoms with Gasteiger partial charge in [0, 0.05) is 12.1 Å². The molecule has 5 atom stereocenters. The quantitative estimate of drug-likeness (QED) is 0.727. The molecule has 2 fully saturated rings. The Labute approximate surface area is 86.2 Å². The van der Waals surface area contributed by atoms with Gasteiger partial charge >= 0.3 is 0 Å². The third kappa shape index (κ3) is 2.27. The number of hydrogen-bond donors (Lipinski definition) is 1. The van der Waals surface area contributed by atoms with Crippen LogP contribution < -0.4 is 5.32 Å². The highest BCUT2D eigenvalue weighted by molar-refractivity contribution is 4.88. The predicted octanol–water partition coefficient (Wildman–Crippen LogP) is 1.32. The molecule has 0 aromatic heterocycles. The largest absolute Gasteiger partial charge is 0.377 e. The van der Waals surface area contributed by atoms with Crippen LogP contribution in [0.4, 0.5) is 0 Å². The molecule has 14 heavy (non-hydrogen) atoms. The standard InChI is InChI=1S/C11H21NO2/c1-7-4-10(6-13-7)12-11-5-8(2)14-9(11)3/h7-12H,4-6H2,1-3H3. The minimum absolute atomic E-state index is 0.348. The minimum atomic E-state index is 0.348. The van der Waals surface area contributed by atoms with E-state index in [1.165, 1.54) is 0 Å². The first-order valence-electron chi connectivity index (χ1n) is 5.68. The molecule has 3 heteroatoms. The average molecular weight is 199 g/mol. The van der Waals surface area contributed by atoms with Crippen molar-refractivity contribution in [3.8, 4) is 0 Å². The summed E-state index contributed by atoms with van der Waals surface area (Å²) in [5, 5.41) is 3.64. The Kier molecular flexibility index (Phi) is 3.10. The number of nitrogens with one attached hydrogen (secondary N) is 1. The van der Waals surface area contributed by atoms with E-state index in [0.29, 0.717) is 30.4 Å². The Morgan fingerprint density at radius 1 is 1.07 bits per heavy atom. The molecule has 1 N–H and O–H groups in total. The van der Waals surface area contributed by atoms with Gasteiger partial charge in [-0.2, -0.15) is 0 Å². The third-order valence-electron chi connectivity index (χ3n) is 3.25. The number of rotatable bonds is 2. The lowest BCUT2D eigenvalue weighted by Gasteiger charge is -2.19. The van der Waals surface area contributed by atoms with Gasteiger partial charge in [0.2, 0.25) is 0 Å². The molecule has 2 rings (SSSR count). The fraction of sp³-hybridized carbons (Fsp3) is 1.00. The molecular weight excluding hydrogens is 178 g/mol. The van der Waals surface area contributed by atoms with Gasteiger partial charge in [-0.05, 0) is 33.6 Å². The lowest BCUT2D eigenvalue weighted by Crippen LogP contribution is -2.42. The lowest BCUT2D eigenvalue weighted by molar-refractivity contribution is 0.0590. The first-order chi connectivity index (χ1) is 6.65. The summed E-state index contributed by atoms with van der Waals surface area (Å²) in [6, 6.07) is 1.05. The highest BCUT2D eigenvalue weighted by atomic mass is 16.5. The molecule has 0 bridgehead atoms. The summed E-state index contributed by atoms with van der Waals surface area (Å²) in [6.07, 6.45) is 3.44. The maximum absolute atomic E-state index is 5.71. The van der Waals surface area contributed by atoms with Gasteiger partial charge in [0.25, 0.3) is 0 Å². The van der Waals surface area contributed by atoms with E-state index in [2.05, 4.69) is 26.1 Å². The molecule has 0 aliphatic carbocycles. The van der Waals surface area contributed by atoms with Gasteiger partial charge in [0.1, 0.15) is 0 Å². The van der Waals surface area contributed by atoms with E-state index in [-0.39, 0.29) is 0 Å². The molecule has 5 unspecified atom stereocenters. The van der Waals surface area contributed by atoms with Gasteiger partial charge in [-0.25, -0.2) is 0 Å². The monoisotopic (exact) mass is 199 g/mol. The van der Waals surface area contributed by atoms with Crippen molar-refractivity contribution in [1.82, 2.24) is 5.32 Å². The van der Waals surface area contributed by atoms with Gasteiger partial charge in [-0.1, -0.05) is 0 Å². The van der Waals surface area contributed by atoms with E-state index in [1.54, 1.807) is 0 Å². The SMILES string of the molecule is CC1CC(NC2CC(C)OC2C)CO1. The Balaban J connectivity index is 1.80. The minimum Gasteiger partial charge on any atom is -0.377 e. The van der Waals surface area contributed by atoms with Gasteiger partial charge in [-0.15, -0.1) is 0 Å². The fourth-order valence-electron chi connectivity index (χ4n) is 2.51. The van der Waals surface area contributed by atoms with Crippen LogP contribution in [-0.2, 0) is 9.47 Å². The van der Waals surface area contributed by atoms with Crippen molar-refractivity contribution in [2.24, 2.45) is 0 Å². The van der Waals surface area contributed by atoms with E-state index in [9.17, 15) is 0 Å². The highest BCUT2D eigenvalue weighted by Gasteiger charge is 2.32. The van der Waals surface area contributed by atoms with Crippen molar-refractivity contribution in [3.05, 3.63) is 0 Å². The van der Waals surface area contributed by atoms with Gasteiger partial charge in [0.15, 0.2) is 0 Å². The van der Waals surface area contributed by atoms with Crippen molar-refractivity contribution in [2.75, 3.05) is 6.61 Å². The van der Waals surface area contributed by atoms with Crippen LogP contribution in [0.2, 0.25) is 0 Å². The summed E-state index contributed by atoms with van der Waals surface area (Å²) in [5.74, 6) is 0. The highest BCUT2D eigenvalue weighted by Crippen LogP contribution is 2.22. The van der Waals surface area contributed by atoms with E-state index < -0.39 is 0 Å². The van der Waals surface area contributed by atoms with Crippen molar-refractivity contribution >= 4 is 0 Å². The molecular formula is C11H21NO2. The predicted molar refractivity (Wildman–Crippen MR) is 55.4 cm³/mol. The van der Waals surface area contributed by atoms with Gasteiger partial charge in [-0.3, -0.25) is 0 Å². The Morgan fingerprint density at radius 2 is 1.86 bits per heavy atom. The van der Waals surface area contributed by atoms with Crippen molar-refractivity contribution < 1.29 is 9.47 Å². The fourth-order valence-corrected chi connectivity index (χ4v) is 2.51. The maximum Gasteiger partial charge on any atom is 0.0704 e. The molecule has 0 aromatic carbocycles. The zero-order valence-electron chi connectivity index (χ0n) is 9.32. The lowest BCUT2D eigenvalue weighted by atomic mass is 10.1. The average Bonchev–Trinajstić information content (AvgIpc) is 2.61. The normalized spacial score (nSPS) is 48.6. The second kappa shape index (κ2) is 4.17. The number of ether oxygens (including phenoxy) is 2. The summed E-state index contributed by atoms with van der Waals surface area (Å²) < 4.78 is 11.2. The second-order valence-corrected chi connectivity index (χ2v) is 4.74. The van der Waals surface area contributed by atoms with Crippen LogP contribution in [-0.4, -0.2) is 37.0 Å². The zero-order valence-corrected chi connectivity index (χ0v) is 9.32. The van der Waals surface area contributed by atoms with Crippen molar-refractivity contribution in [3.63, 3.8) is 0 Å². The first-order valence-corrected chi connectivity index (χ1v) is 5.68. The van der Waals surface area contributed by atoms with Crippen LogP contribution in [0.5, 0.6) is 0 Å². The van der Waals surface area contributed by atoms with Crippen LogP contribution in [0.25, 0.3) is 0 Å².